The van der Waals surface area contributed by atoms with E-state index in [1.807, 2.05) is 0 Å². The Bertz CT molecular complexity index is 566. The molecule has 1 aliphatic heterocycles. The highest BCUT2D eigenvalue weighted by molar-refractivity contribution is 6.19. The largest absolute Gasteiger partial charge is 0.332 e. The Hall–Kier alpha value is -2.42. The van der Waals surface area contributed by atoms with E-state index in [4.69, 9.17) is 6.42 Å². The van der Waals surface area contributed by atoms with Crippen LogP contribution in [0.5, 0.6) is 0 Å². The number of carbonyl (C=O) groups excluding carboxylic acids is 2. The second-order valence-corrected chi connectivity index (χ2v) is 3.67. The summed E-state index contributed by atoms with van der Waals surface area (Å²) in [7, 11) is 0. The minimum absolute atomic E-state index is 0.0378. The molecule has 1 heterocycles. The maximum atomic E-state index is 13.5. The van der Waals surface area contributed by atoms with Gasteiger partial charge in [-0.3, -0.25) is 4.79 Å². The number of nitrogens with zero attached hydrogens (tertiary/aromatic N) is 2. The Morgan fingerprint density at radius 3 is 2.67 bits per heavy atom. The second-order valence-electron chi connectivity index (χ2n) is 3.67. The maximum absolute atomic E-state index is 13.5. The van der Waals surface area contributed by atoms with Crippen molar-refractivity contribution < 1.29 is 18.4 Å². The van der Waals surface area contributed by atoms with Crippen LogP contribution in [0.4, 0.5) is 19.3 Å². The average molecular weight is 250 g/mol. The van der Waals surface area contributed by atoms with Gasteiger partial charge in [0.25, 0.3) is 5.91 Å². The highest BCUT2D eigenvalue weighted by Gasteiger charge is 2.37. The number of anilines is 1. The number of hydrogen-bond acceptors (Lipinski definition) is 2. The van der Waals surface area contributed by atoms with E-state index in [1.54, 1.807) is 0 Å². The summed E-state index contributed by atoms with van der Waals surface area (Å²) in [6, 6.07) is 1.92. The van der Waals surface area contributed by atoms with Crippen molar-refractivity contribution in [2.24, 2.45) is 0 Å². The Balaban J connectivity index is 2.36. The SMILES string of the molecule is C#CCN1CC(=O)N(c2ccc(F)cc2F)C1=O. The molecule has 1 aliphatic rings. The van der Waals surface area contributed by atoms with Crippen LogP contribution in [0, 0.1) is 24.0 Å². The number of hydrogen-bond donors (Lipinski definition) is 0. The fourth-order valence-corrected chi connectivity index (χ4v) is 1.68. The van der Waals surface area contributed by atoms with E-state index in [9.17, 15) is 18.4 Å². The number of imide groups is 1. The molecule has 1 aromatic rings. The zero-order chi connectivity index (χ0) is 13.3. The first-order valence-corrected chi connectivity index (χ1v) is 5.05. The lowest BCUT2D eigenvalue weighted by Crippen LogP contribution is -2.33. The number of rotatable bonds is 2. The van der Waals surface area contributed by atoms with Gasteiger partial charge in [-0.05, 0) is 12.1 Å². The zero-order valence-corrected chi connectivity index (χ0v) is 9.19. The smallest absolute Gasteiger partial charge is 0.303 e. The molecule has 0 spiro atoms. The fourth-order valence-electron chi connectivity index (χ4n) is 1.68. The van der Waals surface area contributed by atoms with Gasteiger partial charge in [-0.2, -0.15) is 0 Å². The topological polar surface area (TPSA) is 40.6 Å². The Labute approximate surface area is 102 Å². The molecular weight excluding hydrogens is 242 g/mol. The van der Waals surface area contributed by atoms with Crippen LogP contribution in [-0.4, -0.2) is 29.9 Å². The fraction of sp³-hybridized carbons (Fsp3) is 0.167. The molecule has 6 heteroatoms. The molecule has 3 amide bonds. The summed E-state index contributed by atoms with van der Waals surface area (Å²) in [5.74, 6) is -0.122. The highest BCUT2D eigenvalue weighted by atomic mass is 19.1. The van der Waals surface area contributed by atoms with E-state index in [0.29, 0.717) is 11.0 Å². The quantitative estimate of drug-likeness (QED) is 0.587. The number of benzene rings is 1. The molecular formula is C12H8F2N2O2. The van der Waals surface area contributed by atoms with Crippen LogP contribution in [0.15, 0.2) is 18.2 Å². The summed E-state index contributed by atoms with van der Waals surface area (Å²) in [5.41, 5.74) is -0.272. The van der Waals surface area contributed by atoms with E-state index < -0.39 is 23.6 Å². The number of amides is 3. The van der Waals surface area contributed by atoms with Crippen molar-refractivity contribution in [3.63, 3.8) is 0 Å². The van der Waals surface area contributed by atoms with E-state index in [1.165, 1.54) is 0 Å². The Morgan fingerprint density at radius 2 is 2.06 bits per heavy atom. The first-order valence-electron chi connectivity index (χ1n) is 5.05. The predicted molar refractivity (Wildman–Crippen MR) is 59.6 cm³/mol. The van der Waals surface area contributed by atoms with Gasteiger partial charge >= 0.3 is 6.03 Å². The molecule has 2 rings (SSSR count). The molecule has 0 aromatic heterocycles. The summed E-state index contributed by atoms with van der Waals surface area (Å²) in [4.78, 5) is 25.2. The van der Waals surface area contributed by atoms with Crippen LogP contribution in [-0.2, 0) is 4.79 Å². The van der Waals surface area contributed by atoms with Gasteiger partial charge in [0.1, 0.15) is 18.2 Å². The Kier molecular flexibility index (Phi) is 2.98. The van der Waals surface area contributed by atoms with Crippen molar-refractivity contribution in [2.75, 3.05) is 18.0 Å². The van der Waals surface area contributed by atoms with Crippen molar-refractivity contribution in [3.05, 3.63) is 29.8 Å². The predicted octanol–water partition coefficient (Wildman–Crippen LogP) is 1.37. The van der Waals surface area contributed by atoms with E-state index in [2.05, 4.69) is 5.92 Å². The molecule has 1 saturated heterocycles. The van der Waals surface area contributed by atoms with E-state index >= 15 is 0 Å². The lowest BCUT2D eigenvalue weighted by molar-refractivity contribution is -0.116. The third-order valence-corrected chi connectivity index (χ3v) is 2.47. The van der Waals surface area contributed by atoms with Crippen molar-refractivity contribution >= 4 is 17.6 Å². The molecule has 92 valence electrons. The van der Waals surface area contributed by atoms with Crippen LogP contribution in [0.2, 0.25) is 0 Å². The van der Waals surface area contributed by atoms with Gasteiger partial charge in [-0.25, -0.2) is 18.5 Å². The van der Waals surface area contributed by atoms with Crippen LogP contribution in [0.1, 0.15) is 0 Å². The first kappa shape index (κ1) is 12.0. The van der Waals surface area contributed by atoms with Gasteiger partial charge in [0.2, 0.25) is 0 Å². The number of terminal acetylenes is 1. The molecule has 18 heavy (non-hydrogen) atoms. The van der Waals surface area contributed by atoms with Gasteiger partial charge < -0.3 is 4.90 Å². The number of urea groups is 1. The van der Waals surface area contributed by atoms with Gasteiger partial charge in [0.15, 0.2) is 0 Å². The summed E-state index contributed by atoms with van der Waals surface area (Å²) < 4.78 is 26.3. The van der Waals surface area contributed by atoms with Crippen molar-refractivity contribution in [1.29, 1.82) is 0 Å². The monoisotopic (exact) mass is 250 g/mol. The molecule has 0 radical (unpaired) electrons. The van der Waals surface area contributed by atoms with Crippen LogP contribution in [0.3, 0.4) is 0 Å². The standard InChI is InChI=1S/C12H8F2N2O2/c1-2-5-15-7-11(17)16(12(15)18)10-4-3-8(13)6-9(10)14/h1,3-4,6H,5,7H2. The number of halogens is 2. The normalized spacial score (nSPS) is 15.2. The molecule has 0 unspecified atom stereocenters. The van der Waals surface area contributed by atoms with Gasteiger partial charge in [-0.1, -0.05) is 5.92 Å². The van der Waals surface area contributed by atoms with Crippen LogP contribution in [0.25, 0.3) is 0 Å². The van der Waals surface area contributed by atoms with Gasteiger partial charge in [0.05, 0.1) is 12.2 Å². The summed E-state index contributed by atoms with van der Waals surface area (Å²) in [6.45, 7) is -0.246. The molecule has 0 saturated carbocycles. The molecule has 0 N–H and O–H groups in total. The first-order chi connectivity index (χ1) is 8.54. The zero-order valence-electron chi connectivity index (χ0n) is 9.19. The average Bonchev–Trinajstić information content (AvgIpc) is 2.56. The molecule has 4 nitrogen and oxygen atoms in total. The summed E-state index contributed by atoms with van der Waals surface area (Å²) >= 11 is 0. The summed E-state index contributed by atoms with van der Waals surface area (Å²) in [5, 5.41) is 0. The van der Waals surface area contributed by atoms with E-state index in [0.717, 1.165) is 17.0 Å². The van der Waals surface area contributed by atoms with Crippen molar-refractivity contribution in [2.45, 2.75) is 0 Å². The van der Waals surface area contributed by atoms with Crippen molar-refractivity contribution in [1.82, 2.24) is 4.90 Å². The van der Waals surface area contributed by atoms with Crippen molar-refractivity contribution in [3.8, 4) is 12.3 Å². The maximum Gasteiger partial charge on any atom is 0.332 e. The third kappa shape index (κ3) is 1.91. The molecule has 1 fully saturated rings. The summed E-state index contributed by atoms with van der Waals surface area (Å²) in [6.07, 6.45) is 5.05. The molecule has 0 bridgehead atoms. The minimum Gasteiger partial charge on any atom is -0.303 e. The third-order valence-electron chi connectivity index (χ3n) is 2.47. The van der Waals surface area contributed by atoms with Gasteiger partial charge in [0, 0.05) is 6.07 Å². The second kappa shape index (κ2) is 4.45. The Morgan fingerprint density at radius 1 is 1.33 bits per heavy atom. The number of carbonyl (C=O) groups is 2. The molecule has 1 aromatic carbocycles. The molecule has 0 aliphatic carbocycles. The van der Waals surface area contributed by atoms with Gasteiger partial charge in [-0.15, -0.1) is 6.42 Å². The molecule has 0 atom stereocenters. The lowest BCUT2D eigenvalue weighted by Gasteiger charge is -2.15. The lowest BCUT2D eigenvalue weighted by atomic mass is 10.2. The minimum atomic E-state index is -0.973. The highest BCUT2D eigenvalue weighted by Crippen LogP contribution is 2.24. The van der Waals surface area contributed by atoms with E-state index in [-0.39, 0.29) is 18.8 Å². The van der Waals surface area contributed by atoms with Crippen LogP contribution >= 0.6 is 0 Å². The van der Waals surface area contributed by atoms with Crippen LogP contribution < -0.4 is 4.90 Å².